The highest BCUT2D eigenvalue weighted by Gasteiger charge is 2.16. The quantitative estimate of drug-likeness (QED) is 0.824. The van der Waals surface area contributed by atoms with Gasteiger partial charge in [0.1, 0.15) is 0 Å². The van der Waals surface area contributed by atoms with E-state index in [4.69, 9.17) is 9.47 Å². The largest absolute Gasteiger partial charge is 0.454 e. The second kappa shape index (κ2) is 5.16. The van der Waals surface area contributed by atoms with E-state index in [1.807, 2.05) is 19.1 Å². The van der Waals surface area contributed by atoms with Crippen LogP contribution < -0.4 is 9.47 Å². The lowest BCUT2D eigenvalue weighted by molar-refractivity contribution is 0.134. The predicted molar refractivity (Wildman–Crippen MR) is 66.0 cm³/mol. The molecular formula is C13H17NO4. The van der Waals surface area contributed by atoms with E-state index in [0.29, 0.717) is 6.54 Å². The number of ether oxygens (including phenoxy) is 3. The van der Waals surface area contributed by atoms with Crippen LogP contribution in [-0.2, 0) is 11.2 Å². The number of benzene rings is 1. The number of hydrogen-bond acceptors (Lipinski definition) is 4. The van der Waals surface area contributed by atoms with E-state index < -0.39 is 0 Å². The zero-order chi connectivity index (χ0) is 13.1. The zero-order valence-electron chi connectivity index (χ0n) is 10.9. The molecule has 0 bridgehead atoms. The summed E-state index contributed by atoms with van der Waals surface area (Å²) < 4.78 is 15.3. The lowest BCUT2D eigenvalue weighted by Crippen LogP contribution is -2.28. The van der Waals surface area contributed by atoms with Crippen LogP contribution in [0.1, 0.15) is 11.1 Å². The molecule has 0 N–H and O–H groups in total. The van der Waals surface area contributed by atoms with Crippen molar-refractivity contribution in [1.29, 1.82) is 0 Å². The summed E-state index contributed by atoms with van der Waals surface area (Å²) >= 11 is 0. The van der Waals surface area contributed by atoms with Gasteiger partial charge in [0, 0.05) is 13.6 Å². The van der Waals surface area contributed by atoms with Crippen molar-refractivity contribution in [2.24, 2.45) is 0 Å². The Morgan fingerprint density at radius 2 is 2.06 bits per heavy atom. The number of amides is 1. The Bertz CT molecular complexity index is 459. The van der Waals surface area contributed by atoms with Gasteiger partial charge in [-0.15, -0.1) is 0 Å². The topological polar surface area (TPSA) is 48.0 Å². The molecule has 98 valence electrons. The molecule has 0 atom stereocenters. The van der Waals surface area contributed by atoms with Crippen molar-refractivity contribution in [3.63, 3.8) is 0 Å². The minimum absolute atomic E-state index is 0.278. The molecule has 0 saturated heterocycles. The maximum absolute atomic E-state index is 11.3. The maximum atomic E-state index is 11.3. The van der Waals surface area contributed by atoms with Crippen LogP contribution >= 0.6 is 0 Å². The summed E-state index contributed by atoms with van der Waals surface area (Å²) in [6.45, 7) is 2.91. The summed E-state index contributed by atoms with van der Waals surface area (Å²) in [6.07, 6.45) is 0.432. The first-order chi connectivity index (χ1) is 8.61. The fourth-order valence-corrected chi connectivity index (χ4v) is 1.89. The molecule has 1 heterocycles. The molecule has 5 heteroatoms. The van der Waals surface area contributed by atoms with Gasteiger partial charge in [0.05, 0.1) is 7.11 Å². The molecule has 18 heavy (non-hydrogen) atoms. The molecule has 1 aliphatic heterocycles. The first kappa shape index (κ1) is 12.5. The van der Waals surface area contributed by atoms with E-state index in [1.165, 1.54) is 7.11 Å². The first-order valence-corrected chi connectivity index (χ1v) is 5.80. The van der Waals surface area contributed by atoms with Gasteiger partial charge < -0.3 is 19.1 Å². The van der Waals surface area contributed by atoms with Gasteiger partial charge in [0.2, 0.25) is 6.79 Å². The van der Waals surface area contributed by atoms with Gasteiger partial charge in [-0.05, 0) is 36.6 Å². The van der Waals surface area contributed by atoms with Crippen LogP contribution in [0.15, 0.2) is 12.1 Å². The van der Waals surface area contributed by atoms with E-state index in [2.05, 4.69) is 4.74 Å². The van der Waals surface area contributed by atoms with E-state index in [9.17, 15) is 4.79 Å². The number of fused-ring (bicyclic) bond motifs is 1. The van der Waals surface area contributed by atoms with E-state index in [1.54, 1.807) is 11.9 Å². The molecule has 0 fully saturated rings. The molecule has 0 unspecified atom stereocenters. The molecule has 1 aromatic rings. The molecule has 0 radical (unpaired) electrons. The summed E-state index contributed by atoms with van der Waals surface area (Å²) in [5.41, 5.74) is 2.28. The summed E-state index contributed by atoms with van der Waals surface area (Å²) in [6, 6.07) is 3.94. The van der Waals surface area contributed by atoms with Crippen LogP contribution in [0.25, 0.3) is 0 Å². The minimum atomic E-state index is -0.326. The number of likely N-dealkylation sites (N-methyl/N-ethyl adjacent to an activating group) is 1. The first-order valence-electron chi connectivity index (χ1n) is 5.80. The van der Waals surface area contributed by atoms with Crippen molar-refractivity contribution >= 4 is 6.09 Å². The highest BCUT2D eigenvalue weighted by atomic mass is 16.7. The van der Waals surface area contributed by atoms with Crippen LogP contribution in [0.2, 0.25) is 0 Å². The monoisotopic (exact) mass is 251 g/mol. The van der Waals surface area contributed by atoms with Crippen LogP contribution in [0.3, 0.4) is 0 Å². The summed E-state index contributed by atoms with van der Waals surface area (Å²) in [5.74, 6) is 1.56. The van der Waals surface area contributed by atoms with Crippen molar-refractivity contribution in [2.45, 2.75) is 13.3 Å². The Labute approximate surface area is 106 Å². The van der Waals surface area contributed by atoms with E-state index >= 15 is 0 Å². The number of rotatable bonds is 3. The average molecular weight is 251 g/mol. The minimum Gasteiger partial charge on any atom is -0.454 e. The fourth-order valence-electron chi connectivity index (χ4n) is 1.89. The normalized spacial score (nSPS) is 12.4. The molecule has 1 aliphatic rings. The zero-order valence-corrected chi connectivity index (χ0v) is 10.9. The van der Waals surface area contributed by atoms with Crippen molar-refractivity contribution in [3.8, 4) is 11.5 Å². The number of methoxy groups -OCH3 is 1. The van der Waals surface area contributed by atoms with Crippen molar-refractivity contribution in [1.82, 2.24) is 4.90 Å². The van der Waals surface area contributed by atoms with Crippen LogP contribution in [0.5, 0.6) is 11.5 Å². The number of hydrogen-bond donors (Lipinski definition) is 0. The van der Waals surface area contributed by atoms with Gasteiger partial charge in [0.15, 0.2) is 11.5 Å². The Hall–Kier alpha value is -1.91. The van der Waals surface area contributed by atoms with Crippen LogP contribution in [-0.4, -0.2) is 38.5 Å². The van der Waals surface area contributed by atoms with Gasteiger partial charge in [-0.2, -0.15) is 0 Å². The second-order valence-corrected chi connectivity index (χ2v) is 4.27. The maximum Gasteiger partial charge on any atom is 0.409 e. The van der Waals surface area contributed by atoms with Crippen LogP contribution in [0.4, 0.5) is 4.79 Å². The average Bonchev–Trinajstić information content (AvgIpc) is 2.81. The third-order valence-electron chi connectivity index (χ3n) is 3.03. The lowest BCUT2D eigenvalue weighted by Gasteiger charge is -2.16. The van der Waals surface area contributed by atoms with Gasteiger partial charge in [0.25, 0.3) is 0 Å². The molecular weight excluding hydrogens is 234 g/mol. The summed E-state index contributed by atoms with van der Waals surface area (Å²) in [7, 11) is 3.10. The molecule has 1 aromatic carbocycles. The van der Waals surface area contributed by atoms with Gasteiger partial charge in [-0.3, -0.25) is 0 Å². The molecule has 2 rings (SSSR count). The number of carbonyl (C=O) groups is 1. The van der Waals surface area contributed by atoms with E-state index in [0.717, 1.165) is 29.0 Å². The van der Waals surface area contributed by atoms with Crippen molar-refractivity contribution in [2.75, 3.05) is 27.5 Å². The van der Waals surface area contributed by atoms with Gasteiger partial charge >= 0.3 is 6.09 Å². The van der Waals surface area contributed by atoms with Crippen molar-refractivity contribution in [3.05, 3.63) is 23.3 Å². The lowest BCUT2D eigenvalue weighted by atomic mass is 10.0. The van der Waals surface area contributed by atoms with E-state index in [-0.39, 0.29) is 12.9 Å². The Balaban J connectivity index is 2.04. The van der Waals surface area contributed by atoms with Gasteiger partial charge in [-0.1, -0.05) is 0 Å². The summed E-state index contributed by atoms with van der Waals surface area (Å²) in [4.78, 5) is 12.8. The molecule has 0 aliphatic carbocycles. The second-order valence-electron chi connectivity index (χ2n) is 4.27. The molecule has 0 aromatic heterocycles. The summed E-state index contributed by atoms with van der Waals surface area (Å²) in [5, 5.41) is 0. The molecule has 0 spiro atoms. The van der Waals surface area contributed by atoms with Crippen LogP contribution in [0, 0.1) is 6.92 Å². The number of aryl methyl sites for hydroxylation is 1. The highest BCUT2D eigenvalue weighted by Crippen LogP contribution is 2.34. The fraction of sp³-hybridized carbons (Fsp3) is 0.462. The highest BCUT2D eigenvalue weighted by molar-refractivity contribution is 5.66. The molecule has 0 saturated carbocycles. The third-order valence-corrected chi connectivity index (χ3v) is 3.03. The number of carbonyl (C=O) groups excluding carboxylic acids is 1. The molecule has 1 amide bonds. The van der Waals surface area contributed by atoms with Gasteiger partial charge in [-0.25, -0.2) is 4.79 Å². The predicted octanol–water partition coefficient (Wildman–Crippen LogP) is 1.96. The number of nitrogens with zero attached hydrogens (tertiary/aromatic N) is 1. The smallest absolute Gasteiger partial charge is 0.409 e. The standard InChI is InChI=1S/C13H17NO4/c1-9-6-11-12(18-8-17-11)7-10(9)4-5-14(2)13(15)16-3/h6-7H,4-5,8H2,1-3H3. The SMILES string of the molecule is COC(=O)N(C)CCc1cc2c(cc1C)OCO2. The Kier molecular flexibility index (Phi) is 3.60. The third kappa shape index (κ3) is 2.50. The Morgan fingerprint density at radius 3 is 2.72 bits per heavy atom. The molecule has 5 nitrogen and oxygen atoms in total. The Morgan fingerprint density at radius 1 is 1.39 bits per heavy atom. The van der Waals surface area contributed by atoms with Crippen molar-refractivity contribution < 1.29 is 19.0 Å².